The smallest absolute Gasteiger partial charge is 0.241 e. The summed E-state index contributed by atoms with van der Waals surface area (Å²) in [5.74, 6) is 0.624. The van der Waals surface area contributed by atoms with E-state index in [0.717, 1.165) is 12.1 Å². The van der Waals surface area contributed by atoms with Crippen LogP contribution in [0.25, 0.3) is 0 Å². The third-order valence-corrected chi connectivity index (χ3v) is 2.72. The molecule has 6 heteroatoms. The summed E-state index contributed by atoms with van der Waals surface area (Å²) in [6, 6.07) is 5.79. The van der Waals surface area contributed by atoms with Crippen molar-refractivity contribution in [2.75, 3.05) is 34.2 Å². The minimum atomic E-state index is 0.0207. The third kappa shape index (κ3) is 5.37. The maximum absolute atomic E-state index is 11.9. The Morgan fingerprint density at radius 1 is 1.47 bits per heavy atom. The van der Waals surface area contributed by atoms with Gasteiger partial charge in [0.1, 0.15) is 0 Å². The number of hydrogen-bond acceptors (Lipinski definition) is 3. The number of likely N-dealkylation sites (N-methyl/N-ethyl adjacent to an activating group) is 1. The van der Waals surface area contributed by atoms with Crippen LogP contribution in [0.2, 0.25) is 0 Å². The van der Waals surface area contributed by atoms with E-state index in [1.165, 1.54) is 0 Å². The van der Waals surface area contributed by atoms with Crippen LogP contribution in [-0.2, 0) is 11.2 Å². The SMILES string of the molecule is CN=C(NC)NCC(=O)N(C)CCc1ccccn1. The van der Waals surface area contributed by atoms with Gasteiger partial charge >= 0.3 is 0 Å². The zero-order valence-corrected chi connectivity index (χ0v) is 11.7. The van der Waals surface area contributed by atoms with E-state index in [-0.39, 0.29) is 12.5 Å². The predicted octanol–water partition coefficient (Wildman–Crippen LogP) is -0.123. The number of hydrogen-bond donors (Lipinski definition) is 2. The number of nitrogens with one attached hydrogen (secondary N) is 2. The van der Waals surface area contributed by atoms with Crippen LogP contribution in [0.15, 0.2) is 29.4 Å². The average Bonchev–Trinajstić information content (AvgIpc) is 2.46. The van der Waals surface area contributed by atoms with E-state index in [4.69, 9.17) is 0 Å². The minimum Gasteiger partial charge on any atom is -0.359 e. The monoisotopic (exact) mass is 263 g/mol. The fourth-order valence-electron chi connectivity index (χ4n) is 1.53. The third-order valence-electron chi connectivity index (χ3n) is 2.72. The highest BCUT2D eigenvalue weighted by molar-refractivity contribution is 5.86. The molecule has 0 spiro atoms. The molecule has 1 amide bonds. The van der Waals surface area contributed by atoms with Crippen LogP contribution in [0.5, 0.6) is 0 Å². The first-order chi connectivity index (χ1) is 9.17. The van der Waals surface area contributed by atoms with E-state index in [2.05, 4.69) is 20.6 Å². The number of amides is 1. The molecule has 104 valence electrons. The van der Waals surface area contributed by atoms with Crippen molar-refractivity contribution in [1.82, 2.24) is 20.5 Å². The number of guanidine groups is 1. The first-order valence-electron chi connectivity index (χ1n) is 6.19. The molecule has 0 aliphatic rings. The quantitative estimate of drug-likeness (QED) is 0.574. The molecule has 0 unspecified atom stereocenters. The van der Waals surface area contributed by atoms with Crippen molar-refractivity contribution in [1.29, 1.82) is 0 Å². The molecule has 0 aromatic carbocycles. The Morgan fingerprint density at radius 3 is 2.84 bits per heavy atom. The minimum absolute atomic E-state index is 0.0207. The molecule has 0 radical (unpaired) electrons. The number of nitrogens with zero attached hydrogens (tertiary/aromatic N) is 3. The second kappa shape index (κ2) is 8.07. The second-order valence-corrected chi connectivity index (χ2v) is 4.06. The van der Waals surface area contributed by atoms with Gasteiger partial charge in [-0.2, -0.15) is 0 Å². The first-order valence-corrected chi connectivity index (χ1v) is 6.19. The maximum Gasteiger partial charge on any atom is 0.241 e. The molecule has 2 N–H and O–H groups in total. The van der Waals surface area contributed by atoms with Gasteiger partial charge in [-0.3, -0.25) is 14.8 Å². The highest BCUT2D eigenvalue weighted by atomic mass is 16.2. The Kier molecular flexibility index (Phi) is 6.35. The molecular formula is C13H21N5O. The van der Waals surface area contributed by atoms with Gasteiger partial charge in [-0.05, 0) is 12.1 Å². The summed E-state index contributed by atoms with van der Waals surface area (Å²) < 4.78 is 0. The highest BCUT2D eigenvalue weighted by Crippen LogP contribution is 1.96. The lowest BCUT2D eigenvalue weighted by Gasteiger charge is -2.17. The van der Waals surface area contributed by atoms with E-state index >= 15 is 0 Å². The fraction of sp³-hybridized carbons (Fsp3) is 0.462. The van der Waals surface area contributed by atoms with Crippen LogP contribution in [-0.4, -0.2) is 56.0 Å². The molecule has 0 aliphatic carbocycles. The van der Waals surface area contributed by atoms with Gasteiger partial charge in [0.2, 0.25) is 5.91 Å². The lowest BCUT2D eigenvalue weighted by atomic mass is 10.2. The normalized spacial score (nSPS) is 11.0. The fourth-order valence-corrected chi connectivity index (χ4v) is 1.53. The van der Waals surface area contributed by atoms with E-state index in [1.807, 2.05) is 18.2 Å². The standard InChI is InChI=1S/C13H21N5O/c1-14-13(15-2)17-10-12(19)18(3)9-7-11-6-4-5-8-16-11/h4-6,8H,7,9-10H2,1-3H3,(H2,14,15,17). The Balaban J connectivity index is 2.33. The van der Waals surface area contributed by atoms with E-state index < -0.39 is 0 Å². The van der Waals surface area contributed by atoms with Crippen LogP contribution in [0.4, 0.5) is 0 Å². The molecular weight excluding hydrogens is 242 g/mol. The van der Waals surface area contributed by atoms with Gasteiger partial charge in [0, 0.05) is 46.0 Å². The Morgan fingerprint density at radius 2 is 2.26 bits per heavy atom. The van der Waals surface area contributed by atoms with Gasteiger partial charge in [0.05, 0.1) is 6.54 Å². The maximum atomic E-state index is 11.9. The van der Waals surface area contributed by atoms with Gasteiger partial charge in [-0.1, -0.05) is 6.07 Å². The number of pyridine rings is 1. The van der Waals surface area contributed by atoms with E-state index in [1.54, 1.807) is 32.2 Å². The highest BCUT2D eigenvalue weighted by Gasteiger charge is 2.09. The largest absolute Gasteiger partial charge is 0.359 e. The van der Waals surface area contributed by atoms with Crippen molar-refractivity contribution >= 4 is 11.9 Å². The van der Waals surface area contributed by atoms with Crippen molar-refractivity contribution in [3.63, 3.8) is 0 Å². The van der Waals surface area contributed by atoms with Gasteiger partial charge in [-0.25, -0.2) is 0 Å². The van der Waals surface area contributed by atoms with Gasteiger partial charge in [-0.15, -0.1) is 0 Å². The summed E-state index contributed by atoms with van der Waals surface area (Å²) in [7, 11) is 5.20. The van der Waals surface area contributed by atoms with Gasteiger partial charge < -0.3 is 15.5 Å². The molecule has 0 aliphatic heterocycles. The molecule has 0 atom stereocenters. The Labute approximate surface area is 113 Å². The molecule has 1 aromatic rings. The van der Waals surface area contributed by atoms with Crippen LogP contribution >= 0.6 is 0 Å². The zero-order valence-electron chi connectivity index (χ0n) is 11.7. The van der Waals surface area contributed by atoms with Gasteiger partial charge in [0.15, 0.2) is 5.96 Å². The van der Waals surface area contributed by atoms with Crippen LogP contribution < -0.4 is 10.6 Å². The van der Waals surface area contributed by atoms with E-state index in [0.29, 0.717) is 12.5 Å². The van der Waals surface area contributed by atoms with Crippen molar-refractivity contribution < 1.29 is 4.79 Å². The number of carbonyl (C=O) groups is 1. The summed E-state index contributed by atoms with van der Waals surface area (Å²) in [6.07, 6.45) is 2.51. The first kappa shape index (κ1) is 14.9. The summed E-state index contributed by atoms with van der Waals surface area (Å²) in [5.41, 5.74) is 0.987. The molecule has 0 fully saturated rings. The summed E-state index contributed by atoms with van der Waals surface area (Å²) in [6.45, 7) is 0.877. The Bertz CT molecular complexity index is 418. The van der Waals surface area contributed by atoms with Crippen LogP contribution in [0.3, 0.4) is 0 Å². The Hall–Kier alpha value is -2.11. The topological polar surface area (TPSA) is 69.6 Å². The van der Waals surface area contributed by atoms with Crippen molar-refractivity contribution in [3.8, 4) is 0 Å². The molecule has 19 heavy (non-hydrogen) atoms. The number of aromatic nitrogens is 1. The molecule has 1 aromatic heterocycles. The summed E-state index contributed by atoms with van der Waals surface area (Å²) >= 11 is 0. The molecule has 0 bridgehead atoms. The van der Waals surface area contributed by atoms with Gasteiger partial charge in [0.25, 0.3) is 0 Å². The second-order valence-electron chi connectivity index (χ2n) is 4.06. The molecule has 6 nitrogen and oxygen atoms in total. The lowest BCUT2D eigenvalue weighted by molar-refractivity contribution is -0.128. The molecule has 0 saturated heterocycles. The summed E-state index contributed by atoms with van der Waals surface area (Å²) in [5, 5.41) is 5.79. The van der Waals surface area contributed by atoms with E-state index in [9.17, 15) is 4.79 Å². The molecule has 1 rings (SSSR count). The summed E-state index contributed by atoms with van der Waals surface area (Å²) in [4.78, 5) is 21.7. The zero-order chi connectivity index (χ0) is 14.1. The number of carbonyl (C=O) groups excluding carboxylic acids is 1. The van der Waals surface area contributed by atoms with Crippen molar-refractivity contribution in [3.05, 3.63) is 30.1 Å². The lowest BCUT2D eigenvalue weighted by Crippen LogP contribution is -2.42. The molecule has 0 saturated carbocycles. The molecule has 1 heterocycles. The predicted molar refractivity (Wildman–Crippen MR) is 76.0 cm³/mol. The van der Waals surface area contributed by atoms with Crippen molar-refractivity contribution in [2.24, 2.45) is 4.99 Å². The average molecular weight is 263 g/mol. The van der Waals surface area contributed by atoms with Crippen LogP contribution in [0.1, 0.15) is 5.69 Å². The van der Waals surface area contributed by atoms with Crippen molar-refractivity contribution in [2.45, 2.75) is 6.42 Å². The van der Waals surface area contributed by atoms with Crippen LogP contribution in [0, 0.1) is 0 Å². The number of aliphatic imine (C=N–C) groups is 1. The number of rotatable bonds is 5.